The molecule has 1 saturated heterocycles. The fourth-order valence-corrected chi connectivity index (χ4v) is 1.84. The van der Waals surface area contributed by atoms with Crippen LogP contribution in [0.15, 0.2) is 4.99 Å². The van der Waals surface area contributed by atoms with Gasteiger partial charge in [0.1, 0.15) is 0 Å². The van der Waals surface area contributed by atoms with E-state index >= 15 is 0 Å². The zero-order chi connectivity index (χ0) is 10.7. The van der Waals surface area contributed by atoms with E-state index in [1.807, 2.05) is 0 Å². The first-order chi connectivity index (χ1) is 7.28. The highest BCUT2D eigenvalue weighted by Crippen LogP contribution is 2.18. The van der Waals surface area contributed by atoms with Crippen LogP contribution in [0.2, 0.25) is 0 Å². The van der Waals surface area contributed by atoms with Gasteiger partial charge in [0.05, 0.1) is 6.04 Å². The molecular weight excluding hydrogens is 190 g/mol. The number of aliphatic imine (C=N–C) groups is 1. The van der Waals surface area contributed by atoms with E-state index in [4.69, 9.17) is 5.84 Å². The van der Waals surface area contributed by atoms with Crippen molar-refractivity contribution in [1.82, 2.24) is 15.6 Å². The van der Waals surface area contributed by atoms with Crippen molar-refractivity contribution in [1.29, 1.82) is 0 Å². The summed E-state index contributed by atoms with van der Waals surface area (Å²) in [5.74, 6) is 6.21. The fraction of sp³-hybridized carbons (Fsp3) is 0.900. The van der Waals surface area contributed by atoms with Gasteiger partial charge in [-0.05, 0) is 45.8 Å². The minimum absolute atomic E-state index is 0.429. The molecule has 0 spiro atoms. The highest BCUT2D eigenvalue weighted by molar-refractivity contribution is 5.79. The Hall–Kier alpha value is -0.810. The topological polar surface area (TPSA) is 65.7 Å². The number of hydrogen-bond acceptors (Lipinski definition) is 3. The standard InChI is InChI=1S/C10H21N5/c1-15-6-4-9(5-7-15)13-10(14-11)12-8-2-3-8/h8-9H,2-7,11H2,1H3,(H2,12,13,14). The smallest absolute Gasteiger partial charge is 0.206 e. The summed E-state index contributed by atoms with van der Waals surface area (Å²) < 4.78 is 0. The molecule has 0 radical (unpaired) electrons. The highest BCUT2D eigenvalue weighted by Gasteiger charge is 2.23. The van der Waals surface area contributed by atoms with Gasteiger partial charge in [-0.25, -0.2) is 10.8 Å². The minimum Gasteiger partial charge on any atom is -0.353 e. The first kappa shape index (κ1) is 10.7. The number of nitrogens with two attached hydrogens (primary N) is 1. The minimum atomic E-state index is 0.429. The van der Waals surface area contributed by atoms with Crippen LogP contribution in [0.25, 0.3) is 0 Å². The van der Waals surface area contributed by atoms with Crippen molar-refractivity contribution in [2.75, 3.05) is 20.1 Å². The van der Waals surface area contributed by atoms with E-state index in [0.29, 0.717) is 12.1 Å². The predicted molar refractivity (Wildman–Crippen MR) is 61.4 cm³/mol. The SMILES string of the molecule is CN1CCC(N=C(NN)NC2CC2)CC1. The number of hydrazine groups is 1. The lowest BCUT2D eigenvalue weighted by atomic mass is 10.1. The number of piperidine rings is 1. The normalized spacial score (nSPS) is 25.3. The van der Waals surface area contributed by atoms with Crippen LogP contribution in [0.5, 0.6) is 0 Å². The molecule has 86 valence electrons. The number of guanidine groups is 1. The molecule has 0 atom stereocenters. The summed E-state index contributed by atoms with van der Waals surface area (Å²) in [5.41, 5.74) is 2.66. The van der Waals surface area contributed by atoms with Gasteiger partial charge in [0, 0.05) is 6.04 Å². The molecule has 1 aliphatic heterocycles. The number of likely N-dealkylation sites (tertiary alicyclic amines) is 1. The highest BCUT2D eigenvalue weighted by atomic mass is 15.3. The molecule has 1 heterocycles. The monoisotopic (exact) mass is 211 g/mol. The fourth-order valence-electron chi connectivity index (χ4n) is 1.84. The molecule has 0 aromatic heterocycles. The third kappa shape index (κ3) is 3.35. The first-order valence-corrected chi connectivity index (χ1v) is 5.77. The van der Waals surface area contributed by atoms with E-state index in [0.717, 1.165) is 31.9 Å². The second-order valence-electron chi connectivity index (χ2n) is 4.58. The van der Waals surface area contributed by atoms with E-state index in [9.17, 15) is 0 Å². The Bertz CT molecular complexity index is 228. The number of nitrogens with one attached hydrogen (secondary N) is 2. The summed E-state index contributed by atoms with van der Waals surface area (Å²) >= 11 is 0. The molecule has 0 amide bonds. The average Bonchev–Trinajstić information content (AvgIpc) is 3.04. The Morgan fingerprint density at radius 2 is 1.93 bits per heavy atom. The predicted octanol–water partition coefficient (Wildman–Crippen LogP) is -0.348. The van der Waals surface area contributed by atoms with Gasteiger partial charge in [0.25, 0.3) is 0 Å². The molecule has 0 unspecified atom stereocenters. The molecule has 0 aromatic carbocycles. The Morgan fingerprint density at radius 3 is 2.47 bits per heavy atom. The van der Waals surface area contributed by atoms with Crippen molar-refractivity contribution in [2.24, 2.45) is 10.8 Å². The largest absolute Gasteiger partial charge is 0.353 e. The number of nitrogens with zero attached hydrogens (tertiary/aromatic N) is 2. The molecule has 2 aliphatic rings. The van der Waals surface area contributed by atoms with Crippen LogP contribution in [0.1, 0.15) is 25.7 Å². The van der Waals surface area contributed by atoms with Crippen LogP contribution in [0.3, 0.4) is 0 Å². The quantitative estimate of drug-likeness (QED) is 0.253. The summed E-state index contributed by atoms with van der Waals surface area (Å²) in [5, 5.41) is 3.30. The molecule has 2 fully saturated rings. The van der Waals surface area contributed by atoms with Crippen molar-refractivity contribution in [3.05, 3.63) is 0 Å². The summed E-state index contributed by atoms with van der Waals surface area (Å²) in [6.45, 7) is 2.27. The third-order valence-electron chi connectivity index (χ3n) is 3.05. The van der Waals surface area contributed by atoms with E-state index in [2.05, 4.69) is 27.7 Å². The van der Waals surface area contributed by atoms with Gasteiger partial charge in [-0.15, -0.1) is 0 Å². The van der Waals surface area contributed by atoms with Gasteiger partial charge in [0.2, 0.25) is 5.96 Å². The van der Waals surface area contributed by atoms with Crippen molar-refractivity contribution >= 4 is 5.96 Å². The van der Waals surface area contributed by atoms with Gasteiger partial charge in [-0.3, -0.25) is 5.43 Å². The summed E-state index contributed by atoms with van der Waals surface area (Å²) in [6, 6.07) is 1.03. The molecule has 1 saturated carbocycles. The van der Waals surface area contributed by atoms with Gasteiger partial charge in [-0.2, -0.15) is 0 Å². The first-order valence-electron chi connectivity index (χ1n) is 5.77. The van der Waals surface area contributed by atoms with E-state index in [-0.39, 0.29) is 0 Å². The summed E-state index contributed by atoms with van der Waals surface area (Å²) in [6.07, 6.45) is 4.75. The molecule has 0 aromatic rings. The van der Waals surface area contributed by atoms with Crippen LogP contribution < -0.4 is 16.6 Å². The van der Waals surface area contributed by atoms with E-state index in [1.54, 1.807) is 0 Å². The van der Waals surface area contributed by atoms with E-state index < -0.39 is 0 Å². The van der Waals surface area contributed by atoms with Crippen LogP contribution in [-0.4, -0.2) is 43.1 Å². The zero-order valence-electron chi connectivity index (χ0n) is 9.37. The van der Waals surface area contributed by atoms with Crippen molar-refractivity contribution in [2.45, 2.75) is 37.8 Å². The Balaban J connectivity index is 1.82. The molecule has 1 aliphatic carbocycles. The second-order valence-corrected chi connectivity index (χ2v) is 4.58. The lowest BCUT2D eigenvalue weighted by molar-refractivity contribution is 0.256. The lowest BCUT2D eigenvalue weighted by Crippen LogP contribution is -2.44. The van der Waals surface area contributed by atoms with Crippen LogP contribution in [0, 0.1) is 0 Å². The average molecular weight is 211 g/mol. The van der Waals surface area contributed by atoms with Crippen molar-refractivity contribution in [3.8, 4) is 0 Å². The maximum atomic E-state index is 5.44. The molecule has 0 bridgehead atoms. The van der Waals surface area contributed by atoms with Crippen LogP contribution >= 0.6 is 0 Å². The molecule has 15 heavy (non-hydrogen) atoms. The molecule has 5 heteroatoms. The zero-order valence-corrected chi connectivity index (χ0v) is 9.37. The Morgan fingerprint density at radius 1 is 1.27 bits per heavy atom. The van der Waals surface area contributed by atoms with E-state index in [1.165, 1.54) is 12.8 Å². The maximum absolute atomic E-state index is 5.44. The lowest BCUT2D eigenvalue weighted by Gasteiger charge is -2.27. The van der Waals surface area contributed by atoms with Gasteiger partial charge in [0.15, 0.2) is 0 Å². The van der Waals surface area contributed by atoms with Crippen LogP contribution in [-0.2, 0) is 0 Å². The Kier molecular flexibility index (Phi) is 3.43. The third-order valence-corrected chi connectivity index (χ3v) is 3.05. The maximum Gasteiger partial charge on any atom is 0.206 e. The second kappa shape index (κ2) is 4.81. The number of rotatable bonds is 2. The van der Waals surface area contributed by atoms with Crippen molar-refractivity contribution < 1.29 is 0 Å². The summed E-state index contributed by atoms with van der Waals surface area (Å²) in [4.78, 5) is 6.95. The van der Waals surface area contributed by atoms with Gasteiger partial charge < -0.3 is 10.2 Å². The molecule has 4 N–H and O–H groups in total. The Labute approximate surface area is 91.1 Å². The summed E-state index contributed by atoms with van der Waals surface area (Å²) in [7, 11) is 2.16. The van der Waals surface area contributed by atoms with Crippen molar-refractivity contribution in [3.63, 3.8) is 0 Å². The van der Waals surface area contributed by atoms with Gasteiger partial charge in [-0.1, -0.05) is 0 Å². The molecule has 2 rings (SSSR count). The molecule has 5 nitrogen and oxygen atoms in total. The van der Waals surface area contributed by atoms with Crippen LogP contribution in [0.4, 0.5) is 0 Å². The number of hydrogen-bond donors (Lipinski definition) is 3. The van der Waals surface area contributed by atoms with Gasteiger partial charge >= 0.3 is 0 Å². The molecular formula is C10H21N5.